The first-order valence-electron chi connectivity index (χ1n) is 8.82. The number of methoxy groups -OCH3 is 1. The van der Waals surface area contributed by atoms with Crippen LogP contribution in [-0.4, -0.2) is 31.6 Å². The summed E-state index contributed by atoms with van der Waals surface area (Å²) in [5.41, 5.74) is 2.99. The maximum Gasteiger partial charge on any atom is 0.260 e. The normalized spacial score (nSPS) is 10.3. The molecule has 0 unspecified atom stereocenters. The fraction of sp³-hybridized carbons (Fsp3) is 0.174. The smallest absolute Gasteiger partial charge is 0.260 e. The largest absolute Gasteiger partial charge is 0.496 e. The molecular weight excluding hydrogens is 338 g/mol. The Morgan fingerprint density at radius 2 is 1.48 bits per heavy atom. The highest BCUT2D eigenvalue weighted by molar-refractivity contribution is 5.78. The Bertz CT molecular complexity index is 893. The minimum Gasteiger partial charge on any atom is -0.496 e. The van der Waals surface area contributed by atoms with E-state index in [1.807, 2.05) is 78.9 Å². The number of rotatable bonds is 7. The van der Waals surface area contributed by atoms with Gasteiger partial charge in [-0.3, -0.25) is 4.79 Å². The Morgan fingerprint density at radius 3 is 2.22 bits per heavy atom. The Morgan fingerprint density at radius 1 is 0.852 bits per heavy atom. The summed E-state index contributed by atoms with van der Waals surface area (Å²) >= 11 is 0. The van der Waals surface area contributed by atoms with E-state index >= 15 is 0 Å². The van der Waals surface area contributed by atoms with Crippen molar-refractivity contribution in [2.45, 2.75) is 6.54 Å². The van der Waals surface area contributed by atoms with Gasteiger partial charge in [0.2, 0.25) is 0 Å². The van der Waals surface area contributed by atoms with Crippen LogP contribution in [0.4, 0.5) is 0 Å². The number of para-hydroxylation sites is 2. The van der Waals surface area contributed by atoms with Crippen LogP contribution < -0.4 is 9.47 Å². The molecule has 0 saturated carbocycles. The fourth-order valence-corrected chi connectivity index (χ4v) is 2.88. The summed E-state index contributed by atoms with van der Waals surface area (Å²) in [6, 6.07) is 25.4. The molecule has 3 rings (SSSR count). The third-order valence-electron chi connectivity index (χ3n) is 4.35. The molecule has 0 aromatic heterocycles. The topological polar surface area (TPSA) is 38.8 Å². The zero-order chi connectivity index (χ0) is 19.1. The molecule has 0 aliphatic heterocycles. The number of carbonyl (C=O) groups excluding carboxylic acids is 1. The fourth-order valence-electron chi connectivity index (χ4n) is 2.88. The van der Waals surface area contributed by atoms with Gasteiger partial charge >= 0.3 is 0 Å². The average molecular weight is 361 g/mol. The molecule has 3 aromatic carbocycles. The van der Waals surface area contributed by atoms with Crippen molar-refractivity contribution >= 4 is 5.91 Å². The highest BCUT2D eigenvalue weighted by Gasteiger charge is 2.14. The third kappa shape index (κ3) is 4.67. The number of likely N-dealkylation sites (N-methyl/N-ethyl adjacent to an activating group) is 1. The summed E-state index contributed by atoms with van der Waals surface area (Å²) in [5, 5.41) is 0. The van der Waals surface area contributed by atoms with Crippen molar-refractivity contribution in [2.75, 3.05) is 20.8 Å². The van der Waals surface area contributed by atoms with Gasteiger partial charge in [0.25, 0.3) is 5.91 Å². The summed E-state index contributed by atoms with van der Waals surface area (Å²) in [4.78, 5) is 14.2. The number of benzene rings is 3. The van der Waals surface area contributed by atoms with Crippen LogP contribution in [0.1, 0.15) is 5.56 Å². The number of amides is 1. The van der Waals surface area contributed by atoms with Crippen LogP contribution >= 0.6 is 0 Å². The Hall–Kier alpha value is -3.27. The van der Waals surface area contributed by atoms with E-state index in [0.29, 0.717) is 12.3 Å². The van der Waals surface area contributed by atoms with Gasteiger partial charge in [0.15, 0.2) is 6.61 Å². The van der Waals surface area contributed by atoms with Crippen LogP contribution in [0, 0.1) is 0 Å². The highest BCUT2D eigenvalue weighted by atomic mass is 16.5. The Labute approximate surface area is 160 Å². The Balaban J connectivity index is 1.66. The van der Waals surface area contributed by atoms with Gasteiger partial charge in [-0.05, 0) is 17.7 Å². The molecule has 0 heterocycles. The summed E-state index contributed by atoms with van der Waals surface area (Å²) in [5.74, 6) is 1.37. The molecular formula is C23H23NO3. The molecule has 138 valence electrons. The van der Waals surface area contributed by atoms with Crippen molar-refractivity contribution in [1.82, 2.24) is 4.90 Å². The van der Waals surface area contributed by atoms with Crippen LogP contribution in [0.5, 0.6) is 11.5 Å². The van der Waals surface area contributed by atoms with Gasteiger partial charge in [-0.25, -0.2) is 0 Å². The minimum absolute atomic E-state index is 0.0184. The maximum atomic E-state index is 12.5. The number of hydrogen-bond donors (Lipinski definition) is 0. The van der Waals surface area contributed by atoms with Gasteiger partial charge in [0.05, 0.1) is 7.11 Å². The molecule has 27 heavy (non-hydrogen) atoms. The average Bonchev–Trinajstić information content (AvgIpc) is 2.73. The lowest BCUT2D eigenvalue weighted by molar-refractivity contribution is -0.132. The SMILES string of the molecule is COc1ccccc1CN(C)C(=O)COc1ccccc1-c1ccccc1. The molecule has 0 aliphatic carbocycles. The molecule has 0 atom stereocenters. The monoisotopic (exact) mass is 361 g/mol. The van der Waals surface area contributed by atoms with E-state index in [1.54, 1.807) is 19.1 Å². The lowest BCUT2D eigenvalue weighted by atomic mass is 10.1. The van der Waals surface area contributed by atoms with Crippen molar-refractivity contribution in [1.29, 1.82) is 0 Å². The van der Waals surface area contributed by atoms with E-state index in [0.717, 1.165) is 22.4 Å². The van der Waals surface area contributed by atoms with Crippen molar-refractivity contribution < 1.29 is 14.3 Å². The minimum atomic E-state index is -0.0937. The highest BCUT2D eigenvalue weighted by Crippen LogP contribution is 2.29. The molecule has 0 aliphatic rings. The van der Waals surface area contributed by atoms with Gasteiger partial charge in [-0.15, -0.1) is 0 Å². The Kier molecular flexibility index (Phi) is 6.10. The van der Waals surface area contributed by atoms with Gasteiger partial charge in [-0.2, -0.15) is 0 Å². The van der Waals surface area contributed by atoms with E-state index < -0.39 is 0 Å². The van der Waals surface area contributed by atoms with Gasteiger partial charge < -0.3 is 14.4 Å². The summed E-state index contributed by atoms with van der Waals surface area (Å²) < 4.78 is 11.2. The van der Waals surface area contributed by atoms with Crippen LogP contribution in [0.25, 0.3) is 11.1 Å². The first-order chi connectivity index (χ1) is 13.2. The van der Waals surface area contributed by atoms with Crippen molar-refractivity contribution in [2.24, 2.45) is 0 Å². The predicted octanol–water partition coefficient (Wildman–Crippen LogP) is 4.40. The molecule has 0 fully saturated rings. The van der Waals surface area contributed by atoms with E-state index in [-0.39, 0.29) is 12.5 Å². The maximum absolute atomic E-state index is 12.5. The first kappa shape index (κ1) is 18.5. The van der Waals surface area contributed by atoms with Crippen molar-refractivity contribution in [3.63, 3.8) is 0 Å². The van der Waals surface area contributed by atoms with Gasteiger partial charge in [0, 0.05) is 24.7 Å². The molecule has 1 amide bonds. The molecule has 3 aromatic rings. The van der Waals surface area contributed by atoms with E-state index in [9.17, 15) is 4.79 Å². The molecule has 4 nitrogen and oxygen atoms in total. The lowest BCUT2D eigenvalue weighted by Crippen LogP contribution is -2.31. The second kappa shape index (κ2) is 8.90. The summed E-state index contributed by atoms with van der Waals surface area (Å²) in [6.07, 6.45) is 0. The number of hydrogen-bond acceptors (Lipinski definition) is 3. The number of ether oxygens (including phenoxy) is 2. The van der Waals surface area contributed by atoms with Crippen molar-refractivity contribution in [3.8, 4) is 22.6 Å². The molecule has 0 bridgehead atoms. The molecule has 0 N–H and O–H groups in total. The molecule has 0 radical (unpaired) electrons. The van der Waals surface area contributed by atoms with E-state index in [1.165, 1.54) is 0 Å². The van der Waals surface area contributed by atoms with E-state index in [2.05, 4.69) is 0 Å². The van der Waals surface area contributed by atoms with E-state index in [4.69, 9.17) is 9.47 Å². The van der Waals surface area contributed by atoms with Crippen molar-refractivity contribution in [3.05, 3.63) is 84.4 Å². The zero-order valence-corrected chi connectivity index (χ0v) is 15.6. The molecule has 4 heteroatoms. The van der Waals surface area contributed by atoms with Crippen LogP contribution in [-0.2, 0) is 11.3 Å². The van der Waals surface area contributed by atoms with Crippen LogP contribution in [0.2, 0.25) is 0 Å². The predicted molar refractivity (Wildman–Crippen MR) is 107 cm³/mol. The second-order valence-corrected chi connectivity index (χ2v) is 6.21. The quantitative estimate of drug-likeness (QED) is 0.626. The molecule has 0 saturated heterocycles. The first-order valence-corrected chi connectivity index (χ1v) is 8.82. The second-order valence-electron chi connectivity index (χ2n) is 6.21. The third-order valence-corrected chi connectivity index (χ3v) is 4.35. The van der Waals surface area contributed by atoms with Gasteiger partial charge in [-0.1, -0.05) is 66.7 Å². The zero-order valence-electron chi connectivity index (χ0n) is 15.6. The lowest BCUT2D eigenvalue weighted by Gasteiger charge is -2.19. The van der Waals surface area contributed by atoms with Crippen LogP contribution in [0.3, 0.4) is 0 Å². The summed E-state index contributed by atoms with van der Waals surface area (Å²) in [6.45, 7) is 0.446. The number of carbonyl (C=O) groups is 1. The number of nitrogens with zero attached hydrogens (tertiary/aromatic N) is 1. The van der Waals surface area contributed by atoms with Crippen LogP contribution in [0.15, 0.2) is 78.9 Å². The molecule has 0 spiro atoms. The van der Waals surface area contributed by atoms with Gasteiger partial charge in [0.1, 0.15) is 11.5 Å². The standard InChI is InChI=1S/C23H23NO3/c1-24(16-19-12-6-8-14-21(19)26-2)23(25)17-27-22-15-9-7-13-20(22)18-10-4-3-5-11-18/h3-15H,16-17H2,1-2H3. The summed E-state index contributed by atoms with van der Waals surface area (Å²) in [7, 11) is 3.39.